The number of methoxy groups -OCH3 is 1. The molecule has 1 N–H and O–H groups in total. The number of nitrogens with one attached hydrogen (secondary N) is 1. The maximum absolute atomic E-state index is 12.2. The molecule has 0 saturated heterocycles. The lowest BCUT2D eigenvalue weighted by molar-refractivity contribution is 0.415. The van der Waals surface area contributed by atoms with Gasteiger partial charge in [0.15, 0.2) is 5.65 Å². The van der Waals surface area contributed by atoms with Gasteiger partial charge < -0.3 is 4.74 Å². The highest BCUT2D eigenvalue weighted by Gasteiger charge is 2.15. The Bertz CT molecular complexity index is 860. The fraction of sp³-hybridized carbons (Fsp3) is 0.294. The van der Waals surface area contributed by atoms with Gasteiger partial charge in [-0.1, -0.05) is 26.0 Å². The lowest BCUT2D eigenvalue weighted by Gasteiger charge is -2.04. The monoisotopic (exact) mass is 297 g/mol. The Morgan fingerprint density at radius 3 is 2.50 bits per heavy atom. The Morgan fingerprint density at radius 1 is 1.18 bits per heavy atom. The van der Waals surface area contributed by atoms with Gasteiger partial charge in [0.25, 0.3) is 5.56 Å². The van der Waals surface area contributed by atoms with E-state index in [0.717, 1.165) is 41.1 Å². The predicted molar refractivity (Wildman–Crippen MR) is 86.6 cm³/mol. The van der Waals surface area contributed by atoms with Crippen molar-refractivity contribution in [2.75, 3.05) is 7.11 Å². The Labute approximate surface area is 128 Å². The number of rotatable bonds is 4. The molecule has 3 aromatic rings. The lowest BCUT2D eigenvalue weighted by Crippen LogP contribution is -2.15. The summed E-state index contributed by atoms with van der Waals surface area (Å²) in [7, 11) is 1.65. The molecule has 5 nitrogen and oxygen atoms in total. The van der Waals surface area contributed by atoms with Gasteiger partial charge in [-0.2, -0.15) is 0 Å². The standard InChI is InChI=1S/C17H19N3O2/c1-4-12-10-15(21)20-17(18-12)16(14(5-2)19-20)11-6-8-13(22-3)9-7-11/h6-10,19H,4-5H2,1-3H3. The van der Waals surface area contributed by atoms with Gasteiger partial charge in [-0.15, -0.1) is 0 Å². The Hall–Kier alpha value is -2.56. The highest BCUT2D eigenvalue weighted by Crippen LogP contribution is 2.29. The highest BCUT2D eigenvalue weighted by atomic mass is 16.5. The Morgan fingerprint density at radius 2 is 1.91 bits per heavy atom. The normalized spacial score (nSPS) is 11.0. The summed E-state index contributed by atoms with van der Waals surface area (Å²) in [5.74, 6) is 0.806. The van der Waals surface area contributed by atoms with Gasteiger partial charge >= 0.3 is 0 Å². The fourth-order valence-corrected chi connectivity index (χ4v) is 2.63. The van der Waals surface area contributed by atoms with E-state index in [1.54, 1.807) is 13.2 Å². The zero-order chi connectivity index (χ0) is 15.7. The second-order valence-corrected chi connectivity index (χ2v) is 5.15. The van der Waals surface area contributed by atoms with Crippen molar-refractivity contribution in [3.05, 3.63) is 52.1 Å². The third-order valence-electron chi connectivity index (χ3n) is 3.84. The maximum atomic E-state index is 12.2. The van der Waals surface area contributed by atoms with Crippen LogP contribution in [0.4, 0.5) is 0 Å². The molecule has 0 fully saturated rings. The van der Waals surface area contributed by atoms with Crippen LogP contribution in [0.5, 0.6) is 5.75 Å². The molecule has 0 spiro atoms. The van der Waals surface area contributed by atoms with Crippen LogP contribution in [0.1, 0.15) is 25.2 Å². The van der Waals surface area contributed by atoms with Crippen LogP contribution in [0.25, 0.3) is 16.8 Å². The summed E-state index contributed by atoms with van der Waals surface area (Å²) >= 11 is 0. The van der Waals surface area contributed by atoms with Crippen molar-refractivity contribution >= 4 is 5.65 Å². The summed E-state index contributed by atoms with van der Waals surface area (Å²) in [6, 6.07) is 9.40. The van der Waals surface area contributed by atoms with Crippen molar-refractivity contribution in [3.63, 3.8) is 0 Å². The first-order valence-electron chi connectivity index (χ1n) is 7.45. The predicted octanol–water partition coefficient (Wildman–Crippen LogP) is 2.82. The average molecular weight is 297 g/mol. The van der Waals surface area contributed by atoms with Gasteiger partial charge in [0, 0.05) is 23.0 Å². The summed E-state index contributed by atoms with van der Waals surface area (Å²) in [4.78, 5) is 16.9. The number of H-pyrrole nitrogens is 1. The zero-order valence-electron chi connectivity index (χ0n) is 13.0. The molecular formula is C17H19N3O2. The number of nitrogens with zero attached hydrogens (tertiary/aromatic N) is 2. The van der Waals surface area contributed by atoms with Crippen LogP contribution < -0.4 is 10.3 Å². The quantitative estimate of drug-likeness (QED) is 0.805. The second-order valence-electron chi connectivity index (χ2n) is 5.15. The molecule has 0 aliphatic carbocycles. The van der Waals surface area contributed by atoms with Crippen molar-refractivity contribution < 1.29 is 4.74 Å². The minimum atomic E-state index is -0.0729. The molecule has 0 aliphatic heterocycles. The molecule has 0 atom stereocenters. The third-order valence-corrected chi connectivity index (χ3v) is 3.84. The molecule has 3 rings (SSSR count). The molecule has 0 saturated carbocycles. The number of benzene rings is 1. The van der Waals surface area contributed by atoms with Gasteiger partial charge in [-0.05, 0) is 30.5 Å². The van der Waals surface area contributed by atoms with E-state index in [1.807, 2.05) is 31.2 Å². The van der Waals surface area contributed by atoms with Gasteiger partial charge in [-0.3, -0.25) is 9.89 Å². The molecule has 2 heterocycles. The lowest BCUT2D eigenvalue weighted by atomic mass is 10.0. The molecular weight excluding hydrogens is 278 g/mol. The number of aryl methyl sites for hydroxylation is 2. The number of fused-ring (bicyclic) bond motifs is 1. The summed E-state index contributed by atoms with van der Waals surface area (Å²) in [5.41, 5.74) is 4.43. The van der Waals surface area contributed by atoms with E-state index < -0.39 is 0 Å². The number of aromatic amines is 1. The first kappa shape index (κ1) is 14.4. The van der Waals surface area contributed by atoms with Crippen LogP contribution in [0.3, 0.4) is 0 Å². The minimum absolute atomic E-state index is 0.0729. The van der Waals surface area contributed by atoms with Crippen molar-refractivity contribution in [3.8, 4) is 16.9 Å². The van der Waals surface area contributed by atoms with E-state index in [4.69, 9.17) is 4.74 Å². The topological polar surface area (TPSA) is 59.4 Å². The Kier molecular flexibility index (Phi) is 3.71. The van der Waals surface area contributed by atoms with Crippen molar-refractivity contribution in [2.24, 2.45) is 0 Å². The van der Waals surface area contributed by atoms with E-state index in [9.17, 15) is 4.79 Å². The van der Waals surface area contributed by atoms with Crippen LogP contribution in [0, 0.1) is 0 Å². The molecule has 0 unspecified atom stereocenters. The van der Waals surface area contributed by atoms with Crippen LogP contribution in [-0.4, -0.2) is 21.7 Å². The van der Waals surface area contributed by atoms with Crippen molar-refractivity contribution in [1.82, 2.24) is 14.6 Å². The molecule has 0 aliphatic rings. The molecule has 22 heavy (non-hydrogen) atoms. The molecule has 0 radical (unpaired) electrons. The summed E-state index contributed by atoms with van der Waals surface area (Å²) in [6.07, 6.45) is 1.53. The molecule has 0 amide bonds. The summed E-state index contributed by atoms with van der Waals surface area (Å²) in [6.45, 7) is 4.06. The molecule has 0 bridgehead atoms. The molecule has 2 aromatic heterocycles. The minimum Gasteiger partial charge on any atom is -0.497 e. The van der Waals surface area contributed by atoms with Crippen LogP contribution >= 0.6 is 0 Å². The number of ether oxygens (including phenoxy) is 1. The Balaban J connectivity index is 2.30. The fourth-order valence-electron chi connectivity index (χ4n) is 2.63. The number of hydrogen-bond acceptors (Lipinski definition) is 3. The molecule has 1 aromatic carbocycles. The SMILES string of the molecule is CCc1cc(=O)n2[nH]c(CC)c(-c3ccc(OC)cc3)c2n1. The van der Waals surface area contributed by atoms with Crippen LogP contribution in [-0.2, 0) is 12.8 Å². The van der Waals surface area contributed by atoms with Gasteiger partial charge in [-0.25, -0.2) is 9.50 Å². The van der Waals surface area contributed by atoms with Crippen molar-refractivity contribution in [1.29, 1.82) is 0 Å². The van der Waals surface area contributed by atoms with Gasteiger partial charge in [0.2, 0.25) is 0 Å². The van der Waals surface area contributed by atoms with Crippen LogP contribution in [0.2, 0.25) is 0 Å². The van der Waals surface area contributed by atoms with Crippen molar-refractivity contribution in [2.45, 2.75) is 26.7 Å². The highest BCUT2D eigenvalue weighted by molar-refractivity contribution is 5.80. The average Bonchev–Trinajstić information content (AvgIpc) is 2.94. The van der Waals surface area contributed by atoms with Gasteiger partial charge in [0.05, 0.1) is 7.11 Å². The molecule has 5 heteroatoms. The largest absolute Gasteiger partial charge is 0.497 e. The number of hydrogen-bond donors (Lipinski definition) is 1. The summed E-state index contributed by atoms with van der Waals surface area (Å²) < 4.78 is 6.73. The van der Waals surface area contributed by atoms with E-state index in [-0.39, 0.29) is 5.56 Å². The van der Waals surface area contributed by atoms with Crippen LogP contribution in [0.15, 0.2) is 35.1 Å². The summed E-state index contributed by atoms with van der Waals surface area (Å²) in [5, 5.41) is 3.17. The number of aromatic nitrogens is 3. The first-order chi connectivity index (χ1) is 10.7. The van der Waals surface area contributed by atoms with E-state index >= 15 is 0 Å². The zero-order valence-corrected chi connectivity index (χ0v) is 13.0. The third kappa shape index (κ3) is 2.28. The first-order valence-corrected chi connectivity index (χ1v) is 7.45. The van der Waals surface area contributed by atoms with E-state index in [0.29, 0.717) is 5.65 Å². The second kappa shape index (κ2) is 5.67. The van der Waals surface area contributed by atoms with Gasteiger partial charge in [0.1, 0.15) is 5.75 Å². The van der Waals surface area contributed by atoms with E-state index in [2.05, 4.69) is 17.0 Å². The molecule has 114 valence electrons. The maximum Gasteiger partial charge on any atom is 0.272 e. The van der Waals surface area contributed by atoms with E-state index in [1.165, 1.54) is 4.52 Å². The smallest absolute Gasteiger partial charge is 0.272 e.